The van der Waals surface area contributed by atoms with Gasteiger partial charge in [0.1, 0.15) is 18.0 Å². The SMILES string of the molecule is CNCCNCc1ccc(OCc2cn3cccc(C)c3n2)cc1. The normalized spacial score (nSPS) is 11.1. The van der Waals surface area contributed by atoms with Gasteiger partial charge in [0.05, 0.1) is 5.69 Å². The fourth-order valence-corrected chi connectivity index (χ4v) is 2.58. The van der Waals surface area contributed by atoms with Crippen LogP contribution in [0.2, 0.25) is 0 Å². The van der Waals surface area contributed by atoms with Gasteiger partial charge in [-0.15, -0.1) is 0 Å². The summed E-state index contributed by atoms with van der Waals surface area (Å²) < 4.78 is 7.89. The molecule has 5 heteroatoms. The Labute approximate surface area is 142 Å². The Bertz CT molecular complexity index is 780. The number of benzene rings is 1. The molecular formula is C19H24N4O. The van der Waals surface area contributed by atoms with Gasteiger partial charge in [-0.1, -0.05) is 18.2 Å². The molecule has 0 spiro atoms. The van der Waals surface area contributed by atoms with E-state index in [4.69, 9.17) is 4.74 Å². The summed E-state index contributed by atoms with van der Waals surface area (Å²) in [7, 11) is 1.96. The van der Waals surface area contributed by atoms with Crippen LogP contribution in [0.25, 0.3) is 5.65 Å². The Hall–Kier alpha value is -2.37. The number of likely N-dealkylation sites (N-methyl/N-ethyl adjacent to an activating group) is 1. The summed E-state index contributed by atoms with van der Waals surface area (Å²) in [5, 5.41) is 6.50. The van der Waals surface area contributed by atoms with E-state index in [1.807, 2.05) is 42.0 Å². The molecule has 3 aromatic rings. The first-order valence-corrected chi connectivity index (χ1v) is 8.26. The lowest BCUT2D eigenvalue weighted by Crippen LogP contribution is -2.24. The van der Waals surface area contributed by atoms with Crippen molar-refractivity contribution in [3.8, 4) is 5.75 Å². The number of hydrogen-bond donors (Lipinski definition) is 2. The summed E-state index contributed by atoms with van der Waals surface area (Å²) in [6, 6.07) is 12.3. The highest BCUT2D eigenvalue weighted by Crippen LogP contribution is 2.15. The van der Waals surface area contributed by atoms with Crippen LogP contribution in [-0.4, -0.2) is 29.5 Å². The van der Waals surface area contributed by atoms with Crippen molar-refractivity contribution in [1.82, 2.24) is 20.0 Å². The van der Waals surface area contributed by atoms with Crippen LogP contribution in [-0.2, 0) is 13.2 Å². The van der Waals surface area contributed by atoms with Gasteiger partial charge in [0.25, 0.3) is 0 Å². The summed E-state index contributed by atoms with van der Waals surface area (Å²) >= 11 is 0. The van der Waals surface area contributed by atoms with Crippen LogP contribution in [0.3, 0.4) is 0 Å². The van der Waals surface area contributed by atoms with Crippen LogP contribution in [0.4, 0.5) is 0 Å². The molecule has 0 amide bonds. The maximum atomic E-state index is 5.85. The monoisotopic (exact) mass is 324 g/mol. The predicted molar refractivity (Wildman–Crippen MR) is 96.3 cm³/mol. The lowest BCUT2D eigenvalue weighted by Gasteiger charge is -2.07. The fraction of sp³-hybridized carbons (Fsp3) is 0.316. The molecule has 5 nitrogen and oxygen atoms in total. The van der Waals surface area contributed by atoms with Crippen molar-refractivity contribution in [2.75, 3.05) is 20.1 Å². The number of rotatable bonds is 8. The van der Waals surface area contributed by atoms with Crippen LogP contribution < -0.4 is 15.4 Å². The van der Waals surface area contributed by atoms with Crippen LogP contribution in [0.15, 0.2) is 48.8 Å². The lowest BCUT2D eigenvalue weighted by atomic mass is 10.2. The van der Waals surface area contributed by atoms with Crippen molar-refractivity contribution in [3.63, 3.8) is 0 Å². The zero-order chi connectivity index (χ0) is 16.8. The number of aryl methyl sites for hydroxylation is 1. The minimum atomic E-state index is 0.473. The van der Waals surface area contributed by atoms with E-state index in [0.717, 1.165) is 36.7 Å². The average Bonchev–Trinajstić information content (AvgIpc) is 3.03. The van der Waals surface area contributed by atoms with E-state index in [0.29, 0.717) is 6.61 Å². The van der Waals surface area contributed by atoms with Gasteiger partial charge in [0.15, 0.2) is 0 Å². The van der Waals surface area contributed by atoms with Crippen LogP contribution in [0.1, 0.15) is 16.8 Å². The molecule has 24 heavy (non-hydrogen) atoms. The molecule has 0 aliphatic carbocycles. The molecule has 0 unspecified atom stereocenters. The minimum absolute atomic E-state index is 0.473. The Balaban J connectivity index is 1.55. The van der Waals surface area contributed by atoms with E-state index in [-0.39, 0.29) is 0 Å². The quantitative estimate of drug-likeness (QED) is 0.625. The summed E-state index contributed by atoms with van der Waals surface area (Å²) in [4.78, 5) is 4.62. The third-order valence-corrected chi connectivity index (χ3v) is 3.92. The maximum absolute atomic E-state index is 5.85. The van der Waals surface area contributed by atoms with E-state index < -0.39 is 0 Å². The summed E-state index contributed by atoms with van der Waals surface area (Å²) in [6.45, 7) is 5.34. The Kier molecular flexibility index (Phi) is 5.46. The number of hydrogen-bond acceptors (Lipinski definition) is 4. The second-order valence-corrected chi connectivity index (χ2v) is 5.87. The van der Waals surface area contributed by atoms with E-state index in [1.54, 1.807) is 0 Å². The molecule has 1 aromatic carbocycles. The molecule has 0 fully saturated rings. The summed E-state index contributed by atoms with van der Waals surface area (Å²) in [6.07, 6.45) is 4.02. The topological polar surface area (TPSA) is 50.6 Å². The Morgan fingerprint density at radius 3 is 2.71 bits per heavy atom. The first kappa shape index (κ1) is 16.5. The molecule has 0 aliphatic rings. The summed E-state index contributed by atoms with van der Waals surface area (Å²) in [5.41, 5.74) is 4.34. The molecule has 2 N–H and O–H groups in total. The highest BCUT2D eigenvalue weighted by Gasteiger charge is 2.04. The van der Waals surface area contributed by atoms with Crippen molar-refractivity contribution in [3.05, 3.63) is 65.6 Å². The second kappa shape index (κ2) is 7.95. The largest absolute Gasteiger partial charge is 0.487 e. The average molecular weight is 324 g/mol. The van der Waals surface area contributed by atoms with Gasteiger partial charge in [-0.05, 0) is 43.3 Å². The Morgan fingerprint density at radius 1 is 1.12 bits per heavy atom. The highest BCUT2D eigenvalue weighted by atomic mass is 16.5. The molecule has 0 atom stereocenters. The molecule has 3 rings (SSSR count). The van der Waals surface area contributed by atoms with Crippen molar-refractivity contribution >= 4 is 5.65 Å². The van der Waals surface area contributed by atoms with E-state index in [2.05, 4.69) is 40.7 Å². The fourth-order valence-electron chi connectivity index (χ4n) is 2.58. The first-order valence-electron chi connectivity index (χ1n) is 8.26. The van der Waals surface area contributed by atoms with Crippen LogP contribution in [0.5, 0.6) is 5.75 Å². The van der Waals surface area contributed by atoms with Crippen molar-refractivity contribution in [1.29, 1.82) is 0 Å². The highest BCUT2D eigenvalue weighted by molar-refractivity contribution is 5.47. The van der Waals surface area contributed by atoms with Crippen LogP contribution in [0, 0.1) is 6.92 Å². The zero-order valence-electron chi connectivity index (χ0n) is 14.2. The van der Waals surface area contributed by atoms with Gasteiger partial charge in [-0.2, -0.15) is 0 Å². The zero-order valence-corrected chi connectivity index (χ0v) is 14.2. The molecule has 0 radical (unpaired) electrons. The van der Waals surface area contributed by atoms with Crippen LogP contribution >= 0.6 is 0 Å². The third kappa shape index (κ3) is 4.13. The molecule has 2 aromatic heterocycles. The third-order valence-electron chi connectivity index (χ3n) is 3.92. The maximum Gasteiger partial charge on any atom is 0.140 e. The van der Waals surface area contributed by atoms with Gasteiger partial charge in [0, 0.05) is 32.0 Å². The number of aromatic nitrogens is 2. The molecule has 0 aliphatic heterocycles. The van der Waals surface area contributed by atoms with Gasteiger partial charge in [0.2, 0.25) is 0 Å². The number of fused-ring (bicyclic) bond motifs is 1. The molecule has 0 saturated heterocycles. The molecule has 0 saturated carbocycles. The van der Waals surface area contributed by atoms with Crippen molar-refractivity contribution in [2.45, 2.75) is 20.1 Å². The molecular weight excluding hydrogens is 300 g/mol. The number of imidazole rings is 1. The van der Waals surface area contributed by atoms with Gasteiger partial charge < -0.3 is 19.8 Å². The predicted octanol–water partition coefficient (Wildman–Crippen LogP) is 2.53. The van der Waals surface area contributed by atoms with Crippen molar-refractivity contribution < 1.29 is 4.74 Å². The standard InChI is InChI=1S/C19H24N4O/c1-15-4-3-11-23-13-17(22-19(15)23)14-24-18-7-5-16(6-8-18)12-21-10-9-20-2/h3-8,11,13,20-21H,9-10,12,14H2,1-2H3. The van der Waals surface area contributed by atoms with Gasteiger partial charge in [-0.25, -0.2) is 4.98 Å². The Morgan fingerprint density at radius 2 is 1.96 bits per heavy atom. The molecule has 2 heterocycles. The smallest absolute Gasteiger partial charge is 0.140 e. The first-order chi connectivity index (χ1) is 11.8. The number of nitrogens with zero attached hydrogens (tertiary/aromatic N) is 2. The summed E-state index contributed by atoms with van der Waals surface area (Å²) in [5.74, 6) is 0.864. The van der Waals surface area contributed by atoms with E-state index in [1.165, 1.54) is 11.1 Å². The van der Waals surface area contributed by atoms with E-state index >= 15 is 0 Å². The molecule has 0 bridgehead atoms. The number of pyridine rings is 1. The number of ether oxygens (including phenoxy) is 1. The van der Waals surface area contributed by atoms with Crippen molar-refractivity contribution in [2.24, 2.45) is 0 Å². The molecule has 126 valence electrons. The lowest BCUT2D eigenvalue weighted by molar-refractivity contribution is 0.302. The second-order valence-electron chi connectivity index (χ2n) is 5.87. The minimum Gasteiger partial charge on any atom is -0.487 e. The van der Waals surface area contributed by atoms with Gasteiger partial charge >= 0.3 is 0 Å². The van der Waals surface area contributed by atoms with Gasteiger partial charge in [-0.3, -0.25) is 0 Å². The number of nitrogens with one attached hydrogen (secondary N) is 2. The van der Waals surface area contributed by atoms with E-state index in [9.17, 15) is 0 Å².